The van der Waals surface area contributed by atoms with Crippen LogP contribution < -0.4 is 20.1 Å². The summed E-state index contributed by atoms with van der Waals surface area (Å²) in [5.74, 6) is 1.14. The average Bonchev–Trinajstić information content (AvgIpc) is 2.88. The average molecular weight is 433 g/mol. The summed E-state index contributed by atoms with van der Waals surface area (Å²) >= 11 is 7.12. The van der Waals surface area contributed by atoms with Gasteiger partial charge in [0.05, 0.1) is 12.2 Å². The van der Waals surface area contributed by atoms with Gasteiger partial charge in [-0.2, -0.15) is 0 Å². The number of rotatable bonds is 4. The van der Waals surface area contributed by atoms with Crippen molar-refractivity contribution in [3.05, 3.63) is 34.2 Å². The molecule has 0 atom stereocenters. The molecule has 29 heavy (non-hydrogen) atoms. The van der Waals surface area contributed by atoms with Crippen molar-refractivity contribution >= 4 is 45.3 Å². The summed E-state index contributed by atoms with van der Waals surface area (Å²) in [6.45, 7) is 3.26. The van der Waals surface area contributed by atoms with Gasteiger partial charge in [-0.25, -0.2) is 4.79 Å². The molecule has 6 nitrogen and oxygen atoms in total. The molecule has 0 saturated heterocycles. The first-order chi connectivity index (χ1) is 14.2. The highest BCUT2D eigenvalue weighted by atomic mass is 32.1. The SMILES string of the molecule is CCOC(=O)c1c(NC(=S)Nc2ccc3c(c2)OCCO3)sc2c1CCCCC2. The van der Waals surface area contributed by atoms with Crippen LogP contribution in [0.1, 0.15) is 47.0 Å². The maximum absolute atomic E-state index is 12.7. The summed E-state index contributed by atoms with van der Waals surface area (Å²) in [5, 5.41) is 7.57. The van der Waals surface area contributed by atoms with Crippen molar-refractivity contribution in [1.82, 2.24) is 0 Å². The van der Waals surface area contributed by atoms with Crippen molar-refractivity contribution in [2.45, 2.75) is 39.0 Å². The molecule has 0 amide bonds. The van der Waals surface area contributed by atoms with Crippen molar-refractivity contribution < 1.29 is 19.0 Å². The molecule has 0 unspecified atom stereocenters. The third kappa shape index (κ3) is 4.48. The fourth-order valence-electron chi connectivity index (χ4n) is 3.64. The standard InChI is InChI=1S/C21H24N2O4S2/c1-2-25-20(24)18-14-6-4-3-5-7-17(14)29-19(18)23-21(28)22-13-8-9-15-16(12-13)27-11-10-26-15/h8-9,12H,2-7,10-11H2,1H3,(H2,22,23,28). The second-order valence-corrected chi connectivity index (χ2v) is 8.44. The fraction of sp³-hybridized carbons (Fsp3) is 0.429. The Bertz CT molecular complexity index is 926. The van der Waals surface area contributed by atoms with Crippen molar-refractivity contribution in [3.63, 3.8) is 0 Å². The predicted octanol–water partition coefficient (Wildman–Crippen LogP) is 4.77. The van der Waals surface area contributed by atoms with E-state index in [9.17, 15) is 4.79 Å². The number of anilines is 2. The number of carbonyl (C=O) groups excluding carboxylic acids is 1. The molecule has 2 aromatic rings. The molecule has 0 spiro atoms. The lowest BCUT2D eigenvalue weighted by Gasteiger charge is -2.19. The highest BCUT2D eigenvalue weighted by Crippen LogP contribution is 2.38. The van der Waals surface area contributed by atoms with E-state index in [1.807, 2.05) is 25.1 Å². The van der Waals surface area contributed by atoms with E-state index in [-0.39, 0.29) is 5.97 Å². The second-order valence-electron chi connectivity index (χ2n) is 6.93. The Labute approximate surface area is 179 Å². The molecule has 1 aliphatic heterocycles. The Morgan fingerprint density at radius 3 is 2.76 bits per heavy atom. The van der Waals surface area contributed by atoms with E-state index in [2.05, 4.69) is 10.6 Å². The zero-order valence-electron chi connectivity index (χ0n) is 16.3. The number of thiophene rings is 1. The second kappa shape index (κ2) is 9.00. The van der Waals surface area contributed by atoms with Gasteiger partial charge >= 0.3 is 5.97 Å². The minimum absolute atomic E-state index is 0.281. The summed E-state index contributed by atoms with van der Waals surface area (Å²) in [6, 6.07) is 5.60. The maximum atomic E-state index is 12.7. The van der Waals surface area contributed by atoms with Gasteiger partial charge in [-0.15, -0.1) is 11.3 Å². The van der Waals surface area contributed by atoms with Crippen molar-refractivity contribution in [2.24, 2.45) is 0 Å². The van der Waals surface area contributed by atoms with Gasteiger partial charge in [0.2, 0.25) is 0 Å². The number of hydrogen-bond acceptors (Lipinski definition) is 6. The molecule has 2 N–H and O–H groups in total. The van der Waals surface area contributed by atoms with Gasteiger partial charge in [0.1, 0.15) is 18.2 Å². The van der Waals surface area contributed by atoms with E-state index in [0.717, 1.165) is 47.7 Å². The van der Waals surface area contributed by atoms with Crippen molar-refractivity contribution in [3.8, 4) is 11.5 Å². The molecule has 0 fully saturated rings. The minimum atomic E-state index is -0.281. The quantitative estimate of drug-likeness (QED) is 0.410. The summed E-state index contributed by atoms with van der Waals surface area (Å²) in [5.41, 5.74) is 2.55. The van der Waals surface area contributed by atoms with E-state index in [1.54, 1.807) is 11.3 Å². The smallest absolute Gasteiger partial charge is 0.341 e. The maximum Gasteiger partial charge on any atom is 0.341 e. The summed E-state index contributed by atoms with van der Waals surface area (Å²) in [6.07, 6.45) is 5.33. The Morgan fingerprint density at radius 1 is 1.14 bits per heavy atom. The molecule has 1 aromatic carbocycles. The molecular weight excluding hydrogens is 408 g/mol. The third-order valence-corrected chi connectivity index (χ3v) is 6.34. The first-order valence-corrected chi connectivity index (χ1v) is 11.2. The molecule has 2 heterocycles. The number of hydrogen-bond donors (Lipinski definition) is 2. The highest BCUT2D eigenvalue weighted by molar-refractivity contribution is 7.80. The summed E-state index contributed by atoms with van der Waals surface area (Å²) < 4.78 is 16.5. The Kier molecular flexibility index (Phi) is 6.20. The fourth-order valence-corrected chi connectivity index (χ4v) is 5.20. The molecule has 0 saturated carbocycles. The topological polar surface area (TPSA) is 68.8 Å². The number of carbonyl (C=O) groups is 1. The van der Waals surface area contributed by atoms with E-state index >= 15 is 0 Å². The summed E-state index contributed by atoms with van der Waals surface area (Å²) in [4.78, 5) is 13.9. The lowest BCUT2D eigenvalue weighted by Crippen LogP contribution is -2.21. The lowest BCUT2D eigenvalue weighted by molar-refractivity contribution is 0.0527. The lowest BCUT2D eigenvalue weighted by atomic mass is 10.1. The number of aryl methyl sites for hydroxylation is 1. The molecular formula is C21H24N2O4S2. The van der Waals surface area contributed by atoms with Crippen LogP contribution in [0.5, 0.6) is 11.5 Å². The van der Waals surface area contributed by atoms with Crippen molar-refractivity contribution in [1.29, 1.82) is 0 Å². The van der Waals surface area contributed by atoms with Gasteiger partial charge in [-0.05, 0) is 62.5 Å². The Morgan fingerprint density at radius 2 is 1.93 bits per heavy atom. The minimum Gasteiger partial charge on any atom is -0.486 e. The number of esters is 1. The molecule has 154 valence electrons. The first kappa shape index (κ1) is 20.0. The number of benzene rings is 1. The van der Waals surface area contributed by atoms with Crippen LogP contribution in [0.3, 0.4) is 0 Å². The largest absolute Gasteiger partial charge is 0.486 e. The van der Waals surface area contributed by atoms with Gasteiger partial charge in [0, 0.05) is 16.6 Å². The highest BCUT2D eigenvalue weighted by Gasteiger charge is 2.26. The van der Waals surface area contributed by atoms with Gasteiger partial charge in [-0.1, -0.05) is 6.42 Å². The molecule has 2 aliphatic rings. The number of nitrogens with one attached hydrogen (secondary N) is 2. The van der Waals surface area contributed by atoms with Gasteiger partial charge in [0.15, 0.2) is 16.6 Å². The van der Waals surface area contributed by atoms with Crippen LogP contribution in [0.25, 0.3) is 0 Å². The molecule has 0 radical (unpaired) electrons. The van der Waals surface area contributed by atoms with E-state index in [4.69, 9.17) is 26.4 Å². The van der Waals surface area contributed by atoms with E-state index in [1.165, 1.54) is 11.3 Å². The van der Waals surface area contributed by atoms with Crippen LogP contribution in [-0.4, -0.2) is 30.9 Å². The van der Waals surface area contributed by atoms with Crippen LogP contribution in [0, 0.1) is 0 Å². The van der Waals surface area contributed by atoms with Crippen LogP contribution in [0.4, 0.5) is 10.7 Å². The van der Waals surface area contributed by atoms with Gasteiger partial charge in [0.25, 0.3) is 0 Å². The monoisotopic (exact) mass is 432 g/mol. The van der Waals surface area contributed by atoms with Crippen LogP contribution in [0.15, 0.2) is 18.2 Å². The number of thiocarbonyl (C=S) groups is 1. The Balaban J connectivity index is 1.53. The van der Waals surface area contributed by atoms with Crippen molar-refractivity contribution in [2.75, 3.05) is 30.5 Å². The number of ether oxygens (including phenoxy) is 3. The zero-order chi connectivity index (χ0) is 20.2. The first-order valence-electron chi connectivity index (χ1n) is 9.95. The zero-order valence-corrected chi connectivity index (χ0v) is 18.0. The Hall–Kier alpha value is -2.32. The van der Waals surface area contributed by atoms with E-state index < -0.39 is 0 Å². The van der Waals surface area contributed by atoms with Gasteiger partial charge < -0.3 is 24.8 Å². The number of fused-ring (bicyclic) bond motifs is 2. The third-order valence-electron chi connectivity index (χ3n) is 4.93. The van der Waals surface area contributed by atoms with E-state index in [0.29, 0.717) is 36.2 Å². The van der Waals surface area contributed by atoms with Crippen LogP contribution >= 0.6 is 23.6 Å². The molecule has 1 aromatic heterocycles. The molecule has 4 rings (SSSR count). The molecule has 8 heteroatoms. The predicted molar refractivity (Wildman–Crippen MR) is 119 cm³/mol. The molecule has 1 aliphatic carbocycles. The van der Waals surface area contributed by atoms with Gasteiger partial charge in [-0.3, -0.25) is 0 Å². The normalized spacial score (nSPS) is 15.1. The van der Waals surface area contributed by atoms with Crippen LogP contribution in [-0.2, 0) is 17.6 Å². The molecule has 0 bridgehead atoms. The van der Waals surface area contributed by atoms with Crippen LogP contribution in [0.2, 0.25) is 0 Å². The summed E-state index contributed by atoms with van der Waals surface area (Å²) in [7, 11) is 0.